The summed E-state index contributed by atoms with van der Waals surface area (Å²) in [7, 11) is 0. The summed E-state index contributed by atoms with van der Waals surface area (Å²) in [6.45, 7) is 0. The van der Waals surface area contributed by atoms with Crippen LogP contribution in [0.2, 0.25) is 0 Å². The van der Waals surface area contributed by atoms with Crippen molar-refractivity contribution in [2.45, 2.75) is 0 Å². The van der Waals surface area contributed by atoms with Gasteiger partial charge in [0, 0.05) is 6.07 Å². The summed E-state index contributed by atoms with van der Waals surface area (Å²) >= 11 is 0. The molecule has 2 aromatic rings. The Morgan fingerprint density at radius 3 is 2.92 bits per heavy atom. The van der Waals surface area contributed by atoms with Crippen LogP contribution < -0.4 is 4.73 Å². The Hall–Kier alpha value is -1.97. The Morgan fingerprint density at radius 1 is 1.38 bits per heavy atom. The second-order valence-electron chi connectivity index (χ2n) is 2.60. The maximum Gasteiger partial charge on any atom is 0.242 e. The average Bonchev–Trinajstić information content (AvgIpc) is 2.18. The van der Waals surface area contributed by atoms with Crippen LogP contribution in [0.15, 0.2) is 30.5 Å². The molecule has 0 spiro atoms. The summed E-state index contributed by atoms with van der Waals surface area (Å²) in [4.78, 5) is 14.4. The van der Waals surface area contributed by atoms with Gasteiger partial charge in [-0.3, -0.25) is 4.79 Å². The van der Waals surface area contributed by atoms with E-state index < -0.39 is 0 Å². The van der Waals surface area contributed by atoms with Crippen LogP contribution in [0.5, 0.6) is 0 Å². The van der Waals surface area contributed by atoms with Gasteiger partial charge in [-0.05, 0) is 6.07 Å². The van der Waals surface area contributed by atoms with E-state index in [1.165, 1.54) is 0 Å². The number of carbonyl (C=O) groups excluding carboxylic acids is 1. The lowest BCUT2D eigenvalue weighted by atomic mass is 10.3. The van der Waals surface area contributed by atoms with Gasteiger partial charge >= 0.3 is 0 Å². The molecule has 64 valence electrons. The van der Waals surface area contributed by atoms with Gasteiger partial charge in [0.25, 0.3) is 0 Å². The first-order chi connectivity index (χ1) is 6.31. The first-order valence-corrected chi connectivity index (χ1v) is 3.75. The van der Waals surface area contributed by atoms with Crippen LogP contribution >= 0.6 is 0 Å². The predicted octanol–water partition coefficient (Wildman–Crippen LogP) is 0.681. The zero-order valence-corrected chi connectivity index (χ0v) is 6.68. The number of para-hydroxylation sites is 2. The zero-order valence-electron chi connectivity index (χ0n) is 6.68. The Kier molecular flexibility index (Phi) is 1.66. The third-order valence-electron chi connectivity index (χ3n) is 1.74. The number of benzene rings is 1. The van der Waals surface area contributed by atoms with E-state index in [9.17, 15) is 10.0 Å². The number of hydrogen-bond acceptors (Lipinski definition) is 3. The van der Waals surface area contributed by atoms with E-state index in [1.807, 2.05) is 0 Å². The average molecular weight is 174 g/mol. The number of nitrogens with zero attached hydrogens (tertiary/aromatic N) is 2. The lowest BCUT2D eigenvalue weighted by molar-refractivity contribution is -0.577. The van der Waals surface area contributed by atoms with Crippen LogP contribution in [-0.4, -0.2) is 11.3 Å². The maximum absolute atomic E-state index is 11.3. The largest absolute Gasteiger partial charge is 0.618 e. The van der Waals surface area contributed by atoms with Gasteiger partial charge in [-0.2, -0.15) is 4.73 Å². The van der Waals surface area contributed by atoms with Gasteiger partial charge in [-0.1, -0.05) is 12.1 Å². The van der Waals surface area contributed by atoms with Crippen LogP contribution in [0.3, 0.4) is 0 Å². The van der Waals surface area contributed by atoms with Crippen LogP contribution in [0, 0.1) is 5.21 Å². The van der Waals surface area contributed by atoms with Crippen molar-refractivity contribution in [3.63, 3.8) is 0 Å². The fourth-order valence-corrected chi connectivity index (χ4v) is 1.16. The van der Waals surface area contributed by atoms with Gasteiger partial charge in [-0.25, -0.2) is 4.98 Å². The third-order valence-corrected chi connectivity index (χ3v) is 1.74. The standard InChI is InChI=1S/C9H6N2O2/c12-6-7-5-11(13)9-4-2-1-3-8(9)10-7/h1-6H. The molecule has 2 rings (SSSR count). The topological polar surface area (TPSA) is 56.9 Å². The molecule has 0 saturated heterocycles. The summed E-state index contributed by atoms with van der Waals surface area (Å²) in [6.07, 6.45) is 1.72. The minimum Gasteiger partial charge on any atom is -0.618 e. The molecule has 13 heavy (non-hydrogen) atoms. The number of hydrogen-bond donors (Lipinski definition) is 0. The van der Waals surface area contributed by atoms with Crippen molar-refractivity contribution < 1.29 is 9.52 Å². The van der Waals surface area contributed by atoms with Gasteiger partial charge < -0.3 is 5.21 Å². The number of fused-ring (bicyclic) bond motifs is 1. The molecule has 0 aliphatic heterocycles. The van der Waals surface area contributed by atoms with Crippen molar-refractivity contribution >= 4 is 17.3 Å². The molecular weight excluding hydrogens is 168 g/mol. The van der Waals surface area contributed by atoms with E-state index in [0.29, 0.717) is 22.0 Å². The normalized spacial score (nSPS) is 10.2. The molecule has 0 amide bonds. The molecule has 1 heterocycles. The van der Waals surface area contributed by atoms with Crippen LogP contribution in [-0.2, 0) is 0 Å². The zero-order chi connectivity index (χ0) is 9.26. The van der Waals surface area contributed by atoms with Crippen LogP contribution in [0.25, 0.3) is 11.0 Å². The highest BCUT2D eigenvalue weighted by Gasteiger charge is 2.05. The van der Waals surface area contributed by atoms with Crippen molar-refractivity contribution in [2.75, 3.05) is 0 Å². The Balaban J connectivity index is 2.84. The van der Waals surface area contributed by atoms with Crippen molar-refractivity contribution in [3.8, 4) is 0 Å². The number of aromatic nitrogens is 2. The quantitative estimate of drug-likeness (QED) is 0.363. The number of rotatable bonds is 1. The van der Waals surface area contributed by atoms with E-state index in [-0.39, 0.29) is 5.69 Å². The van der Waals surface area contributed by atoms with Gasteiger partial charge in [0.2, 0.25) is 11.7 Å². The van der Waals surface area contributed by atoms with Gasteiger partial charge in [0.05, 0.1) is 0 Å². The molecule has 0 aliphatic rings. The summed E-state index contributed by atoms with van der Waals surface area (Å²) in [5.74, 6) is 0. The fraction of sp³-hybridized carbons (Fsp3) is 0. The molecule has 0 saturated carbocycles. The highest BCUT2D eigenvalue weighted by molar-refractivity contribution is 5.77. The van der Waals surface area contributed by atoms with E-state index in [1.54, 1.807) is 24.3 Å². The SMILES string of the molecule is O=Cc1c[n+]([O-])c2ccccc2n1. The van der Waals surface area contributed by atoms with Crippen molar-refractivity contribution in [2.24, 2.45) is 0 Å². The van der Waals surface area contributed by atoms with Crippen molar-refractivity contribution in [3.05, 3.63) is 41.4 Å². The summed E-state index contributed by atoms with van der Waals surface area (Å²) in [6, 6.07) is 6.86. The lowest BCUT2D eigenvalue weighted by Gasteiger charge is -2.00. The van der Waals surface area contributed by atoms with Gasteiger partial charge in [0.1, 0.15) is 5.52 Å². The Labute approximate surface area is 74.0 Å². The Bertz CT molecular complexity index is 468. The molecule has 0 N–H and O–H groups in total. The van der Waals surface area contributed by atoms with E-state index in [0.717, 1.165) is 6.20 Å². The summed E-state index contributed by atoms with van der Waals surface area (Å²) in [5.41, 5.74) is 1.14. The monoisotopic (exact) mass is 174 g/mol. The van der Waals surface area contributed by atoms with E-state index in [4.69, 9.17) is 0 Å². The maximum atomic E-state index is 11.3. The molecule has 1 aromatic heterocycles. The van der Waals surface area contributed by atoms with Crippen LogP contribution in [0.4, 0.5) is 0 Å². The minimum atomic E-state index is 0.147. The predicted molar refractivity (Wildman–Crippen MR) is 46.1 cm³/mol. The van der Waals surface area contributed by atoms with E-state index >= 15 is 0 Å². The van der Waals surface area contributed by atoms with Crippen molar-refractivity contribution in [1.82, 2.24) is 4.98 Å². The molecular formula is C9H6N2O2. The second kappa shape index (κ2) is 2.82. The van der Waals surface area contributed by atoms with Crippen LogP contribution in [0.1, 0.15) is 10.5 Å². The van der Waals surface area contributed by atoms with E-state index in [2.05, 4.69) is 4.98 Å². The second-order valence-corrected chi connectivity index (χ2v) is 2.60. The highest BCUT2D eigenvalue weighted by Crippen LogP contribution is 2.05. The molecule has 0 aliphatic carbocycles. The first-order valence-electron chi connectivity index (χ1n) is 3.75. The molecule has 0 radical (unpaired) electrons. The highest BCUT2D eigenvalue weighted by atomic mass is 16.5. The molecule has 0 unspecified atom stereocenters. The summed E-state index contributed by atoms with van der Waals surface area (Å²) in [5, 5.41) is 11.3. The lowest BCUT2D eigenvalue weighted by Crippen LogP contribution is -2.27. The third kappa shape index (κ3) is 1.22. The van der Waals surface area contributed by atoms with Crippen molar-refractivity contribution in [1.29, 1.82) is 0 Å². The molecule has 0 fully saturated rings. The summed E-state index contributed by atoms with van der Waals surface area (Å²) < 4.78 is 0.645. The Morgan fingerprint density at radius 2 is 2.15 bits per heavy atom. The van der Waals surface area contributed by atoms with Gasteiger partial charge in [0.15, 0.2) is 12.0 Å². The molecule has 0 atom stereocenters. The molecule has 1 aromatic carbocycles. The number of carbonyl (C=O) groups is 1. The smallest absolute Gasteiger partial charge is 0.242 e. The minimum absolute atomic E-state index is 0.147. The molecule has 4 nitrogen and oxygen atoms in total. The van der Waals surface area contributed by atoms with Gasteiger partial charge in [-0.15, -0.1) is 0 Å². The molecule has 4 heteroatoms. The first kappa shape index (κ1) is 7.67. The number of aldehydes is 1. The fourth-order valence-electron chi connectivity index (χ4n) is 1.16. The molecule has 0 bridgehead atoms.